The molecule has 1 aromatic carbocycles. The normalized spacial score (nSPS) is 19.0. The van der Waals surface area contributed by atoms with Crippen molar-refractivity contribution >= 4 is 22.8 Å². The molecule has 4 rings (SSSR count). The zero-order valence-electron chi connectivity index (χ0n) is 15.5. The van der Waals surface area contributed by atoms with E-state index in [4.69, 9.17) is 5.73 Å². The molecule has 0 radical (unpaired) electrons. The Morgan fingerprint density at radius 2 is 2.07 bits per heavy atom. The van der Waals surface area contributed by atoms with Gasteiger partial charge in [0.1, 0.15) is 17.4 Å². The molecule has 3 N–H and O–H groups in total. The molecule has 3 heterocycles. The third-order valence-electron chi connectivity index (χ3n) is 4.73. The molecule has 1 fully saturated rings. The van der Waals surface area contributed by atoms with Gasteiger partial charge in [0, 0.05) is 31.1 Å². The summed E-state index contributed by atoms with van der Waals surface area (Å²) < 4.78 is 0. The van der Waals surface area contributed by atoms with Crippen molar-refractivity contribution in [3.05, 3.63) is 41.9 Å². The van der Waals surface area contributed by atoms with Gasteiger partial charge in [-0.1, -0.05) is 24.0 Å². The van der Waals surface area contributed by atoms with Gasteiger partial charge in [-0.2, -0.15) is 0 Å². The van der Waals surface area contributed by atoms with E-state index in [1.807, 2.05) is 19.1 Å². The molecule has 0 saturated carbocycles. The number of likely N-dealkylation sites (tertiary alicyclic amines) is 1. The molecule has 0 bridgehead atoms. The smallest absolute Gasteiger partial charge is 0.267 e. The third kappa shape index (κ3) is 3.02. The topological polar surface area (TPSA) is 118 Å². The maximum atomic E-state index is 12.1. The van der Waals surface area contributed by atoms with Crippen LogP contribution in [-0.4, -0.2) is 55.0 Å². The highest BCUT2D eigenvalue weighted by atomic mass is 16.3. The Morgan fingerprint density at radius 3 is 2.82 bits per heavy atom. The monoisotopic (exact) mass is 374 g/mol. The lowest BCUT2D eigenvalue weighted by Gasteiger charge is -2.13. The Balaban J connectivity index is 1.73. The molecule has 0 spiro atoms. The fraction of sp³-hybridized carbons (Fsp3) is 0.250. The highest BCUT2D eigenvalue weighted by Crippen LogP contribution is 2.24. The van der Waals surface area contributed by atoms with Crippen molar-refractivity contribution in [3.8, 4) is 23.2 Å². The number of hydrogen-bond donors (Lipinski definition) is 2. The summed E-state index contributed by atoms with van der Waals surface area (Å²) in [6.45, 7) is 2.32. The summed E-state index contributed by atoms with van der Waals surface area (Å²) in [6, 6.07) is 7.28. The summed E-state index contributed by atoms with van der Waals surface area (Å²) in [7, 11) is 1.65. The highest BCUT2D eigenvalue weighted by molar-refractivity contribution is 5.90. The van der Waals surface area contributed by atoms with E-state index in [2.05, 4.69) is 31.8 Å². The number of rotatable bonds is 1. The van der Waals surface area contributed by atoms with Crippen LogP contribution in [0.3, 0.4) is 0 Å². The minimum atomic E-state index is -1.63. The van der Waals surface area contributed by atoms with Gasteiger partial charge in [0.05, 0.1) is 5.69 Å². The SMILES string of the molecule is Cc1nc(-c2cccc(C#C[C@]3(O)CCN(C)C3=O)c2)nc2c(N)ncnc12. The number of nitrogens with two attached hydrogens (primary N) is 1. The van der Waals surface area contributed by atoms with E-state index in [0.29, 0.717) is 46.9 Å². The maximum Gasteiger partial charge on any atom is 0.267 e. The van der Waals surface area contributed by atoms with Crippen LogP contribution in [0.15, 0.2) is 30.6 Å². The van der Waals surface area contributed by atoms with Crippen molar-refractivity contribution in [2.45, 2.75) is 18.9 Å². The van der Waals surface area contributed by atoms with Crippen molar-refractivity contribution in [2.75, 3.05) is 19.3 Å². The lowest BCUT2D eigenvalue weighted by atomic mass is 10.0. The van der Waals surface area contributed by atoms with Crippen molar-refractivity contribution < 1.29 is 9.90 Å². The lowest BCUT2D eigenvalue weighted by molar-refractivity contribution is -0.137. The van der Waals surface area contributed by atoms with Crippen LogP contribution in [0.1, 0.15) is 17.7 Å². The number of aromatic nitrogens is 4. The first-order valence-electron chi connectivity index (χ1n) is 8.74. The Morgan fingerprint density at radius 1 is 1.25 bits per heavy atom. The first kappa shape index (κ1) is 17.8. The summed E-state index contributed by atoms with van der Waals surface area (Å²) in [4.78, 5) is 30.7. The number of nitrogens with zero attached hydrogens (tertiary/aromatic N) is 5. The number of anilines is 1. The summed E-state index contributed by atoms with van der Waals surface area (Å²) in [6.07, 6.45) is 1.68. The summed E-state index contributed by atoms with van der Waals surface area (Å²) in [5, 5.41) is 10.4. The fourth-order valence-electron chi connectivity index (χ4n) is 3.12. The summed E-state index contributed by atoms with van der Waals surface area (Å²) in [5.74, 6) is 6.01. The van der Waals surface area contributed by atoms with E-state index in [0.717, 1.165) is 5.56 Å². The molecule has 8 nitrogen and oxygen atoms in total. The molecule has 28 heavy (non-hydrogen) atoms. The summed E-state index contributed by atoms with van der Waals surface area (Å²) >= 11 is 0. The van der Waals surface area contributed by atoms with Gasteiger partial charge in [0.15, 0.2) is 11.6 Å². The predicted octanol–water partition coefficient (Wildman–Crippen LogP) is 0.922. The predicted molar refractivity (Wildman–Crippen MR) is 104 cm³/mol. The molecular formula is C20H18N6O2. The second-order valence-corrected chi connectivity index (χ2v) is 6.76. The van der Waals surface area contributed by atoms with Crippen LogP contribution in [0, 0.1) is 18.8 Å². The molecule has 140 valence electrons. The number of aryl methyl sites for hydroxylation is 1. The summed E-state index contributed by atoms with van der Waals surface area (Å²) in [5.41, 5.74) is 7.48. The largest absolute Gasteiger partial charge is 0.382 e. The number of aliphatic hydroxyl groups is 1. The molecule has 0 unspecified atom stereocenters. The number of fused-ring (bicyclic) bond motifs is 1. The second-order valence-electron chi connectivity index (χ2n) is 6.76. The van der Waals surface area contributed by atoms with Crippen LogP contribution in [0.2, 0.25) is 0 Å². The number of likely N-dealkylation sites (N-methyl/N-ethyl adjacent to an activating group) is 1. The van der Waals surface area contributed by atoms with Crippen LogP contribution in [0.5, 0.6) is 0 Å². The average molecular weight is 374 g/mol. The second kappa shape index (κ2) is 6.55. The van der Waals surface area contributed by atoms with Gasteiger partial charge < -0.3 is 15.7 Å². The highest BCUT2D eigenvalue weighted by Gasteiger charge is 2.42. The minimum Gasteiger partial charge on any atom is -0.382 e. The zero-order chi connectivity index (χ0) is 19.9. The maximum absolute atomic E-state index is 12.1. The number of amides is 1. The van der Waals surface area contributed by atoms with Gasteiger partial charge in [-0.3, -0.25) is 4.79 Å². The van der Waals surface area contributed by atoms with Crippen LogP contribution in [0.25, 0.3) is 22.4 Å². The number of nitrogen functional groups attached to an aromatic ring is 1. The molecule has 1 atom stereocenters. The van der Waals surface area contributed by atoms with Crippen LogP contribution >= 0.6 is 0 Å². The first-order valence-corrected chi connectivity index (χ1v) is 8.74. The zero-order valence-corrected chi connectivity index (χ0v) is 15.5. The number of carbonyl (C=O) groups is 1. The number of benzene rings is 1. The van der Waals surface area contributed by atoms with Crippen molar-refractivity contribution in [1.29, 1.82) is 0 Å². The Labute approximate surface area is 161 Å². The molecule has 2 aromatic heterocycles. The van der Waals surface area contributed by atoms with E-state index in [1.165, 1.54) is 11.2 Å². The van der Waals surface area contributed by atoms with E-state index in [-0.39, 0.29) is 5.91 Å². The Bertz CT molecular complexity index is 1170. The average Bonchev–Trinajstić information content (AvgIpc) is 2.95. The van der Waals surface area contributed by atoms with Crippen molar-refractivity contribution in [1.82, 2.24) is 24.8 Å². The van der Waals surface area contributed by atoms with Crippen LogP contribution in [0.4, 0.5) is 5.82 Å². The van der Waals surface area contributed by atoms with Gasteiger partial charge in [-0.25, -0.2) is 19.9 Å². The molecule has 1 aliphatic rings. The van der Waals surface area contributed by atoms with Crippen molar-refractivity contribution in [2.24, 2.45) is 0 Å². The van der Waals surface area contributed by atoms with Gasteiger partial charge in [0.25, 0.3) is 5.91 Å². The van der Waals surface area contributed by atoms with E-state index in [1.54, 1.807) is 19.2 Å². The minimum absolute atomic E-state index is 0.291. The Kier molecular flexibility index (Phi) is 4.17. The van der Waals surface area contributed by atoms with E-state index < -0.39 is 5.60 Å². The first-order chi connectivity index (χ1) is 13.4. The standard InChI is InChI=1S/C20H18N6O2/c1-12-15-16(17(21)23-11-22-15)25-18(24-12)14-5-3-4-13(10-14)6-7-20(28)8-9-26(2)19(20)27/h3-5,10-11,28H,8-9H2,1-2H3,(H2,21,22,23)/t20-/m0/s1. The molecule has 0 aliphatic carbocycles. The van der Waals surface area contributed by atoms with Gasteiger partial charge in [0.2, 0.25) is 5.60 Å². The molecular weight excluding hydrogens is 356 g/mol. The van der Waals surface area contributed by atoms with Gasteiger partial charge >= 0.3 is 0 Å². The third-order valence-corrected chi connectivity index (χ3v) is 4.73. The van der Waals surface area contributed by atoms with Gasteiger partial charge in [-0.05, 0) is 19.1 Å². The Hall–Kier alpha value is -3.57. The molecule has 3 aromatic rings. The molecule has 1 saturated heterocycles. The van der Waals surface area contributed by atoms with Gasteiger partial charge in [-0.15, -0.1) is 0 Å². The lowest BCUT2D eigenvalue weighted by Crippen LogP contribution is -2.37. The van der Waals surface area contributed by atoms with E-state index >= 15 is 0 Å². The molecule has 1 amide bonds. The molecule has 8 heteroatoms. The number of hydrogen-bond acceptors (Lipinski definition) is 7. The van der Waals surface area contributed by atoms with Crippen LogP contribution < -0.4 is 5.73 Å². The molecule has 1 aliphatic heterocycles. The van der Waals surface area contributed by atoms with Crippen LogP contribution in [-0.2, 0) is 4.79 Å². The van der Waals surface area contributed by atoms with E-state index in [9.17, 15) is 9.90 Å². The van der Waals surface area contributed by atoms with Crippen molar-refractivity contribution in [3.63, 3.8) is 0 Å². The fourth-order valence-corrected chi connectivity index (χ4v) is 3.12. The number of carbonyl (C=O) groups excluding carboxylic acids is 1. The quantitative estimate of drug-likeness (QED) is 0.608.